The van der Waals surface area contributed by atoms with Crippen LogP contribution in [-0.2, 0) is 14.3 Å². The van der Waals surface area contributed by atoms with Gasteiger partial charge in [-0.05, 0) is 46.5 Å². The van der Waals surface area contributed by atoms with Gasteiger partial charge in [-0.25, -0.2) is 0 Å². The largest absolute Gasteiger partial charge is 0.381 e. The Balaban J connectivity index is 1.81. The highest BCUT2D eigenvalue weighted by atomic mass is 16.5. The van der Waals surface area contributed by atoms with Crippen molar-refractivity contribution in [1.29, 1.82) is 0 Å². The summed E-state index contributed by atoms with van der Waals surface area (Å²) in [5, 5.41) is 3.39. The first-order valence-electron chi connectivity index (χ1n) is 7.90. The van der Waals surface area contributed by atoms with E-state index in [1.165, 1.54) is 0 Å². The zero-order valence-corrected chi connectivity index (χ0v) is 13.2. The first-order valence-corrected chi connectivity index (χ1v) is 7.90. The molecule has 0 aromatic heterocycles. The highest BCUT2D eigenvalue weighted by molar-refractivity contribution is 5.81. The predicted molar refractivity (Wildman–Crippen MR) is 78.8 cm³/mol. The van der Waals surface area contributed by atoms with Gasteiger partial charge in [0.25, 0.3) is 0 Å². The highest BCUT2D eigenvalue weighted by Gasteiger charge is 2.40. The zero-order chi connectivity index (χ0) is 14.6. The van der Waals surface area contributed by atoms with Crippen molar-refractivity contribution in [3.05, 3.63) is 0 Å². The lowest BCUT2D eigenvalue weighted by atomic mass is 9.78. The minimum atomic E-state index is -0.0751. The molecular weight excluding hydrogens is 254 g/mol. The molecular formula is C16H29NO3. The van der Waals surface area contributed by atoms with Crippen LogP contribution in [-0.4, -0.2) is 43.3 Å². The van der Waals surface area contributed by atoms with Gasteiger partial charge in [-0.1, -0.05) is 0 Å². The highest BCUT2D eigenvalue weighted by Crippen LogP contribution is 2.37. The molecule has 2 rings (SSSR count). The molecule has 0 bridgehead atoms. The van der Waals surface area contributed by atoms with E-state index in [0.717, 1.165) is 52.0 Å². The van der Waals surface area contributed by atoms with Crippen LogP contribution in [0.4, 0.5) is 0 Å². The molecule has 0 aliphatic carbocycles. The van der Waals surface area contributed by atoms with Crippen LogP contribution in [0.5, 0.6) is 0 Å². The average molecular weight is 283 g/mol. The second-order valence-electron chi connectivity index (χ2n) is 7.23. The van der Waals surface area contributed by atoms with Gasteiger partial charge in [-0.3, -0.25) is 4.79 Å². The second-order valence-corrected chi connectivity index (χ2v) is 7.23. The molecule has 2 saturated heterocycles. The monoisotopic (exact) mass is 283 g/mol. The van der Waals surface area contributed by atoms with Crippen molar-refractivity contribution in [3.63, 3.8) is 0 Å². The zero-order valence-electron chi connectivity index (χ0n) is 13.2. The maximum Gasteiger partial charge on any atom is 0.137 e. The number of carbonyl (C=O) groups excluding carboxylic acids is 1. The van der Waals surface area contributed by atoms with E-state index >= 15 is 0 Å². The van der Waals surface area contributed by atoms with Gasteiger partial charge in [0.2, 0.25) is 0 Å². The van der Waals surface area contributed by atoms with E-state index in [4.69, 9.17) is 9.47 Å². The lowest BCUT2D eigenvalue weighted by molar-refractivity contribution is -0.157. The molecule has 1 unspecified atom stereocenters. The summed E-state index contributed by atoms with van der Waals surface area (Å²) in [6.07, 6.45) is 4.30. The van der Waals surface area contributed by atoms with Gasteiger partial charge in [0.15, 0.2) is 0 Å². The Hall–Kier alpha value is -0.450. The Morgan fingerprint density at radius 1 is 1.25 bits per heavy atom. The van der Waals surface area contributed by atoms with E-state index in [0.29, 0.717) is 12.2 Å². The molecule has 4 nitrogen and oxygen atoms in total. The molecule has 4 heteroatoms. The summed E-state index contributed by atoms with van der Waals surface area (Å²) < 4.78 is 11.4. The average Bonchev–Trinajstić information content (AvgIpc) is 2.38. The summed E-state index contributed by atoms with van der Waals surface area (Å²) >= 11 is 0. The van der Waals surface area contributed by atoms with Crippen LogP contribution < -0.4 is 5.32 Å². The lowest BCUT2D eigenvalue weighted by Gasteiger charge is -2.43. The number of hydrogen-bond acceptors (Lipinski definition) is 4. The maximum atomic E-state index is 12.4. The third kappa shape index (κ3) is 4.54. The molecule has 2 fully saturated rings. The Kier molecular flexibility index (Phi) is 5.21. The van der Waals surface area contributed by atoms with Crippen molar-refractivity contribution in [3.8, 4) is 0 Å². The first-order chi connectivity index (χ1) is 9.40. The smallest absolute Gasteiger partial charge is 0.137 e. The minimum absolute atomic E-state index is 0.0751. The molecule has 1 atom stereocenters. The van der Waals surface area contributed by atoms with Crippen LogP contribution in [0.2, 0.25) is 0 Å². The van der Waals surface area contributed by atoms with E-state index in [-0.39, 0.29) is 17.1 Å². The molecule has 2 heterocycles. The van der Waals surface area contributed by atoms with Crippen LogP contribution in [0.1, 0.15) is 52.9 Å². The van der Waals surface area contributed by atoms with Gasteiger partial charge in [0, 0.05) is 44.2 Å². The fraction of sp³-hybridized carbons (Fsp3) is 0.938. The summed E-state index contributed by atoms with van der Waals surface area (Å²) in [6, 6.07) is 0. The second kappa shape index (κ2) is 6.54. The Bertz CT molecular complexity index is 324. The molecule has 0 radical (unpaired) electrons. The van der Waals surface area contributed by atoms with Gasteiger partial charge >= 0.3 is 0 Å². The first kappa shape index (κ1) is 15.9. The molecule has 0 saturated carbocycles. The lowest BCUT2D eigenvalue weighted by Crippen LogP contribution is -2.46. The van der Waals surface area contributed by atoms with Crippen molar-refractivity contribution < 1.29 is 14.3 Å². The van der Waals surface area contributed by atoms with Crippen LogP contribution in [0.25, 0.3) is 0 Å². The van der Waals surface area contributed by atoms with E-state index in [1.807, 2.05) is 0 Å². The van der Waals surface area contributed by atoms with Crippen LogP contribution in [0, 0.1) is 5.92 Å². The van der Waals surface area contributed by atoms with Crippen LogP contribution in [0.15, 0.2) is 0 Å². The van der Waals surface area contributed by atoms with E-state index in [9.17, 15) is 4.79 Å². The number of carbonyl (C=O) groups is 1. The SMILES string of the molecule is CC(C)(C)NCCC(=O)C1CCOC2(CCOCC2)C1. The van der Waals surface area contributed by atoms with E-state index in [2.05, 4.69) is 26.1 Å². The van der Waals surface area contributed by atoms with Crippen molar-refractivity contribution in [2.45, 2.75) is 64.0 Å². The minimum Gasteiger partial charge on any atom is -0.381 e. The Morgan fingerprint density at radius 3 is 2.60 bits per heavy atom. The number of nitrogens with one attached hydrogen (secondary N) is 1. The number of rotatable bonds is 4. The van der Waals surface area contributed by atoms with Crippen LogP contribution in [0.3, 0.4) is 0 Å². The molecule has 116 valence electrons. The fourth-order valence-electron chi connectivity index (χ4n) is 3.16. The summed E-state index contributed by atoms with van der Waals surface area (Å²) in [5.41, 5.74) is 0.00612. The van der Waals surface area contributed by atoms with Gasteiger partial charge < -0.3 is 14.8 Å². The topological polar surface area (TPSA) is 47.6 Å². The third-order valence-electron chi connectivity index (χ3n) is 4.38. The quantitative estimate of drug-likeness (QED) is 0.860. The molecule has 0 aromatic carbocycles. The molecule has 1 N–H and O–H groups in total. The normalized spacial score (nSPS) is 26.6. The number of ether oxygens (including phenoxy) is 2. The van der Waals surface area contributed by atoms with Crippen LogP contribution >= 0.6 is 0 Å². The van der Waals surface area contributed by atoms with Crippen molar-refractivity contribution in [1.82, 2.24) is 5.32 Å². The van der Waals surface area contributed by atoms with Crippen molar-refractivity contribution >= 4 is 5.78 Å². The fourth-order valence-corrected chi connectivity index (χ4v) is 3.16. The molecule has 1 spiro atoms. The van der Waals surface area contributed by atoms with Gasteiger partial charge in [-0.2, -0.15) is 0 Å². The summed E-state index contributed by atoms with van der Waals surface area (Å²) in [6.45, 7) is 9.42. The maximum absolute atomic E-state index is 12.4. The van der Waals surface area contributed by atoms with Gasteiger partial charge in [-0.15, -0.1) is 0 Å². The third-order valence-corrected chi connectivity index (χ3v) is 4.38. The molecule has 20 heavy (non-hydrogen) atoms. The van der Waals surface area contributed by atoms with E-state index < -0.39 is 0 Å². The van der Waals surface area contributed by atoms with Crippen molar-refractivity contribution in [2.75, 3.05) is 26.4 Å². The summed E-state index contributed by atoms with van der Waals surface area (Å²) in [4.78, 5) is 12.4. The summed E-state index contributed by atoms with van der Waals surface area (Å²) in [5.74, 6) is 0.583. The Morgan fingerprint density at radius 2 is 1.95 bits per heavy atom. The number of ketones is 1. The number of hydrogen-bond donors (Lipinski definition) is 1. The molecule has 2 aliphatic heterocycles. The molecule has 2 aliphatic rings. The van der Waals surface area contributed by atoms with Crippen molar-refractivity contribution in [2.24, 2.45) is 5.92 Å². The van der Waals surface area contributed by atoms with E-state index in [1.54, 1.807) is 0 Å². The molecule has 0 amide bonds. The Labute approximate surface area is 122 Å². The summed E-state index contributed by atoms with van der Waals surface area (Å²) in [7, 11) is 0. The number of Topliss-reactive ketones (excluding diaryl/α,β-unsaturated/α-hetero) is 1. The van der Waals surface area contributed by atoms with Gasteiger partial charge in [0.05, 0.1) is 5.60 Å². The predicted octanol–water partition coefficient (Wildman–Crippen LogP) is 2.31. The standard InChI is InChI=1S/C16H29NO3/c1-15(2,3)17-8-4-14(18)13-5-9-20-16(12-13)6-10-19-11-7-16/h13,17H,4-12H2,1-3H3. The molecule has 0 aromatic rings. The van der Waals surface area contributed by atoms with Gasteiger partial charge in [0.1, 0.15) is 5.78 Å².